The summed E-state index contributed by atoms with van der Waals surface area (Å²) in [7, 11) is 0. The molecule has 1 saturated heterocycles. The maximum absolute atomic E-state index is 13.3. The van der Waals surface area contributed by atoms with E-state index in [2.05, 4.69) is 0 Å². The number of carbonyl (C=O) groups excluding carboxylic acids is 1. The normalized spacial score (nSPS) is 15.2. The number of rotatable bonds is 5. The molecule has 0 bridgehead atoms. The Bertz CT molecular complexity index is 461. The van der Waals surface area contributed by atoms with Gasteiger partial charge in [0.1, 0.15) is 11.6 Å². The van der Waals surface area contributed by atoms with Crippen LogP contribution in [0.3, 0.4) is 0 Å². The number of likely N-dealkylation sites (tertiary alicyclic amines) is 1. The first kappa shape index (κ1) is 13.8. The molecule has 3 N–H and O–H groups in total. The summed E-state index contributed by atoms with van der Waals surface area (Å²) in [4.78, 5) is 13.6. The fourth-order valence-electron chi connectivity index (χ4n) is 1.85. The number of hydrogen-bond acceptors (Lipinski definition) is 4. The Hall–Kier alpha value is -1.66. The molecule has 0 aliphatic carbocycles. The first-order valence-electron chi connectivity index (χ1n) is 6.21. The van der Waals surface area contributed by atoms with Gasteiger partial charge in [-0.1, -0.05) is 0 Å². The molecule has 1 aromatic rings. The molecule has 104 valence electrons. The Balaban J connectivity index is 2.12. The molecule has 1 aliphatic rings. The molecule has 2 rings (SSSR count). The van der Waals surface area contributed by atoms with Crippen LogP contribution in [0, 0.1) is 5.82 Å². The number of hydrogen-bond donors (Lipinski definition) is 2. The highest BCUT2D eigenvalue weighted by atomic mass is 19.1. The predicted octanol–water partition coefficient (Wildman–Crippen LogP) is 0.370. The Labute approximate surface area is 110 Å². The van der Waals surface area contributed by atoms with Gasteiger partial charge in [-0.15, -0.1) is 0 Å². The van der Waals surface area contributed by atoms with Gasteiger partial charge in [0.05, 0.1) is 18.3 Å². The molecular weight excluding hydrogens is 251 g/mol. The third kappa shape index (κ3) is 3.21. The standard InChI is InChI=1S/C13H17FN2O3/c14-9-2-3-12(19-5-1-4-15)11(6-9)13(18)16-7-10(17)8-16/h2-3,6,10,17H,1,4-5,7-8,15H2. The molecule has 1 heterocycles. The Kier molecular flexibility index (Phi) is 4.34. The van der Waals surface area contributed by atoms with Gasteiger partial charge in [-0.05, 0) is 31.2 Å². The summed E-state index contributed by atoms with van der Waals surface area (Å²) < 4.78 is 18.7. The van der Waals surface area contributed by atoms with Gasteiger partial charge in [-0.3, -0.25) is 4.79 Å². The molecule has 1 aromatic carbocycles. The molecule has 19 heavy (non-hydrogen) atoms. The van der Waals surface area contributed by atoms with Crippen molar-refractivity contribution in [2.75, 3.05) is 26.2 Å². The fraction of sp³-hybridized carbons (Fsp3) is 0.462. The third-order valence-electron chi connectivity index (χ3n) is 2.93. The topological polar surface area (TPSA) is 75.8 Å². The van der Waals surface area contributed by atoms with E-state index in [1.54, 1.807) is 0 Å². The lowest BCUT2D eigenvalue weighted by Gasteiger charge is -2.36. The lowest BCUT2D eigenvalue weighted by molar-refractivity contribution is 0.00562. The van der Waals surface area contributed by atoms with Gasteiger partial charge in [-0.2, -0.15) is 0 Å². The number of aliphatic hydroxyl groups is 1. The zero-order chi connectivity index (χ0) is 13.8. The van der Waals surface area contributed by atoms with Crippen molar-refractivity contribution < 1.29 is 19.0 Å². The van der Waals surface area contributed by atoms with Gasteiger partial charge in [0.15, 0.2) is 0 Å². The molecule has 1 amide bonds. The maximum atomic E-state index is 13.3. The van der Waals surface area contributed by atoms with Crippen molar-refractivity contribution in [1.82, 2.24) is 4.90 Å². The number of nitrogens with zero attached hydrogens (tertiary/aromatic N) is 1. The Morgan fingerprint density at radius 3 is 2.89 bits per heavy atom. The molecule has 0 saturated carbocycles. The van der Waals surface area contributed by atoms with Crippen LogP contribution in [0.1, 0.15) is 16.8 Å². The van der Waals surface area contributed by atoms with Gasteiger partial charge in [0.2, 0.25) is 0 Å². The Morgan fingerprint density at radius 1 is 1.53 bits per heavy atom. The molecule has 0 atom stereocenters. The molecule has 1 fully saturated rings. The van der Waals surface area contributed by atoms with Gasteiger partial charge >= 0.3 is 0 Å². The van der Waals surface area contributed by atoms with E-state index >= 15 is 0 Å². The quantitative estimate of drug-likeness (QED) is 0.757. The average molecular weight is 268 g/mol. The Morgan fingerprint density at radius 2 is 2.26 bits per heavy atom. The van der Waals surface area contributed by atoms with Gasteiger partial charge in [0, 0.05) is 13.1 Å². The molecule has 0 unspecified atom stereocenters. The van der Waals surface area contributed by atoms with E-state index in [1.807, 2.05) is 0 Å². The van der Waals surface area contributed by atoms with Crippen LogP contribution in [0.15, 0.2) is 18.2 Å². The van der Waals surface area contributed by atoms with Gasteiger partial charge in [0.25, 0.3) is 5.91 Å². The molecule has 6 heteroatoms. The van der Waals surface area contributed by atoms with Gasteiger partial charge in [-0.25, -0.2) is 4.39 Å². The summed E-state index contributed by atoms with van der Waals surface area (Å²) >= 11 is 0. The first-order valence-corrected chi connectivity index (χ1v) is 6.21. The monoisotopic (exact) mass is 268 g/mol. The van der Waals surface area contributed by atoms with Crippen LogP contribution in [0.4, 0.5) is 4.39 Å². The molecular formula is C13H17FN2O3. The van der Waals surface area contributed by atoms with Crippen LogP contribution in [0.2, 0.25) is 0 Å². The number of amides is 1. The van der Waals surface area contributed by atoms with Crippen molar-refractivity contribution in [2.45, 2.75) is 12.5 Å². The smallest absolute Gasteiger partial charge is 0.257 e. The number of nitrogens with two attached hydrogens (primary N) is 1. The average Bonchev–Trinajstić information content (AvgIpc) is 2.36. The minimum absolute atomic E-state index is 0.184. The maximum Gasteiger partial charge on any atom is 0.257 e. The summed E-state index contributed by atoms with van der Waals surface area (Å²) in [5, 5.41) is 9.20. The molecule has 0 radical (unpaired) electrons. The zero-order valence-electron chi connectivity index (χ0n) is 10.5. The van der Waals surface area contributed by atoms with E-state index in [-0.39, 0.29) is 24.6 Å². The summed E-state index contributed by atoms with van der Waals surface area (Å²) in [6, 6.07) is 3.85. The second kappa shape index (κ2) is 5.99. The van der Waals surface area contributed by atoms with Crippen LogP contribution in [-0.4, -0.2) is 48.3 Å². The summed E-state index contributed by atoms with van der Waals surface area (Å²) in [5.41, 5.74) is 5.55. The van der Waals surface area contributed by atoms with Crippen LogP contribution >= 0.6 is 0 Å². The predicted molar refractivity (Wildman–Crippen MR) is 67.5 cm³/mol. The highest BCUT2D eigenvalue weighted by molar-refractivity contribution is 5.97. The van der Waals surface area contributed by atoms with E-state index in [9.17, 15) is 14.3 Å². The van der Waals surface area contributed by atoms with Crippen LogP contribution in [0.5, 0.6) is 5.75 Å². The number of aliphatic hydroxyl groups excluding tert-OH is 1. The van der Waals surface area contributed by atoms with E-state index in [0.717, 1.165) is 6.07 Å². The van der Waals surface area contributed by atoms with Gasteiger partial charge < -0.3 is 20.5 Å². The number of β-amino-alcohol motifs (C(OH)–C–C–N with tert-alkyl or cyclic N) is 1. The summed E-state index contributed by atoms with van der Waals surface area (Å²) in [6.45, 7) is 1.42. The van der Waals surface area contributed by atoms with Crippen LogP contribution in [0.25, 0.3) is 0 Å². The summed E-state index contributed by atoms with van der Waals surface area (Å²) in [5.74, 6) is -0.468. The second-order valence-corrected chi connectivity index (χ2v) is 4.50. The zero-order valence-corrected chi connectivity index (χ0v) is 10.5. The molecule has 0 spiro atoms. The molecule has 5 nitrogen and oxygen atoms in total. The van der Waals surface area contributed by atoms with Crippen molar-refractivity contribution in [3.63, 3.8) is 0 Å². The van der Waals surface area contributed by atoms with Crippen molar-refractivity contribution in [3.05, 3.63) is 29.6 Å². The van der Waals surface area contributed by atoms with E-state index in [0.29, 0.717) is 25.3 Å². The van der Waals surface area contributed by atoms with Crippen molar-refractivity contribution in [3.8, 4) is 5.75 Å². The third-order valence-corrected chi connectivity index (χ3v) is 2.93. The molecule has 0 aromatic heterocycles. The first-order chi connectivity index (χ1) is 9.11. The number of carbonyl (C=O) groups is 1. The number of halogens is 1. The second-order valence-electron chi connectivity index (χ2n) is 4.50. The van der Waals surface area contributed by atoms with Crippen molar-refractivity contribution in [2.24, 2.45) is 5.73 Å². The fourth-order valence-corrected chi connectivity index (χ4v) is 1.85. The lowest BCUT2D eigenvalue weighted by Crippen LogP contribution is -2.53. The van der Waals surface area contributed by atoms with Crippen LogP contribution in [-0.2, 0) is 0 Å². The lowest BCUT2D eigenvalue weighted by atomic mass is 10.1. The van der Waals surface area contributed by atoms with E-state index in [4.69, 9.17) is 10.5 Å². The van der Waals surface area contributed by atoms with Crippen molar-refractivity contribution in [1.29, 1.82) is 0 Å². The summed E-state index contributed by atoms with van der Waals surface area (Å²) in [6.07, 6.45) is 0.173. The minimum Gasteiger partial charge on any atom is -0.493 e. The number of benzene rings is 1. The largest absolute Gasteiger partial charge is 0.493 e. The highest BCUT2D eigenvalue weighted by Crippen LogP contribution is 2.23. The van der Waals surface area contributed by atoms with Crippen LogP contribution < -0.4 is 10.5 Å². The SMILES string of the molecule is NCCCOc1ccc(F)cc1C(=O)N1CC(O)C1. The molecule has 1 aliphatic heterocycles. The van der Waals surface area contributed by atoms with Crippen molar-refractivity contribution >= 4 is 5.91 Å². The number of ether oxygens (including phenoxy) is 1. The van der Waals surface area contributed by atoms with E-state index < -0.39 is 11.9 Å². The van der Waals surface area contributed by atoms with E-state index in [1.165, 1.54) is 17.0 Å². The minimum atomic E-state index is -0.490. The highest BCUT2D eigenvalue weighted by Gasteiger charge is 2.31.